The fraction of sp³-hybridized carbons (Fsp3) is 0.435. The topological polar surface area (TPSA) is 64.2 Å². The summed E-state index contributed by atoms with van der Waals surface area (Å²) in [5.74, 6) is 2.19. The lowest BCUT2D eigenvalue weighted by atomic mass is 10.1. The molecule has 0 saturated carbocycles. The Morgan fingerprint density at radius 3 is 2.60 bits per heavy atom. The lowest BCUT2D eigenvalue weighted by Crippen LogP contribution is -2.35. The number of carbonyl (C=O) groups excluding carboxylic acids is 1. The van der Waals surface area contributed by atoms with Crippen LogP contribution in [-0.2, 0) is 11.3 Å². The lowest BCUT2D eigenvalue weighted by molar-refractivity contribution is -0.128. The van der Waals surface area contributed by atoms with E-state index in [2.05, 4.69) is 29.3 Å². The molecule has 0 N–H and O–H groups in total. The second kappa shape index (κ2) is 9.98. The van der Waals surface area contributed by atoms with E-state index in [1.807, 2.05) is 33.7 Å². The monoisotopic (exact) mass is 424 g/mol. The number of aryl methyl sites for hydroxylation is 1. The molecule has 0 aliphatic carbocycles. The van der Waals surface area contributed by atoms with Crippen LogP contribution in [0.15, 0.2) is 52.2 Å². The van der Waals surface area contributed by atoms with Gasteiger partial charge < -0.3 is 9.32 Å². The summed E-state index contributed by atoms with van der Waals surface area (Å²) in [7, 11) is 0. The number of thioether (sulfide) groups is 1. The van der Waals surface area contributed by atoms with Crippen LogP contribution < -0.4 is 0 Å². The quantitative estimate of drug-likeness (QED) is 0.533. The van der Waals surface area contributed by atoms with Crippen molar-refractivity contribution in [1.29, 1.82) is 0 Å². The van der Waals surface area contributed by atoms with Crippen molar-refractivity contribution in [2.24, 2.45) is 0 Å². The maximum absolute atomic E-state index is 12.8. The molecule has 2 aromatic heterocycles. The third kappa shape index (κ3) is 5.14. The normalized spacial score (nSPS) is 15.0. The molecule has 1 aliphatic rings. The summed E-state index contributed by atoms with van der Waals surface area (Å²) in [4.78, 5) is 14.8. The van der Waals surface area contributed by atoms with Crippen molar-refractivity contribution in [2.75, 3.05) is 18.8 Å². The Hall–Kier alpha value is -2.54. The van der Waals surface area contributed by atoms with Crippen molar-refractivity contribution >= 4 is 17.7 Å². The molecule has 0 atom stereocenters. The number of furan rings is 1. The summed E-state index contributed by atoms with van der Waals surface area (Å²) >= 11 is 1.46. The molecule has 1 amide bonds. The first-order valence-electron chi connectivity index (χ1n) is 10.6. The van der Waals surface area contributed by atoms with Crippen molar-refractivity contribution in [3.05, 3.63) is 54.0 Å². The van der Waals surface area contributed by atoms with Crippen LogP contribution >= 0.6 is 11.8 Å². The number of nitrogens with zero attached hydrogens (tertiary/aromatic N) is 4. The molecule has 1 aliphatic heterocycles. The summed E-state index contributed by atoms with van der Waals surface area (Å²) in [5.41, 5.74) is 2.18. The van der Waals surface area contributed by atoms with E-state index in [9.17, 15) is 4.79 Å². The number of hydrogen-bond acceptors (Lipinski definition) is 5. The molecule has 1 aromatic carbocycles. The average molecular weight is 425 g/mol. The Kier molecular flexibility index (Phi) is 6.89. The van der Waals surface area contributed by atoms with Gasteiger partial charge in [0.2, 0.25) is 5.91 Å². The van der Waals surface area contributed by atoms with Gasteiger partial charge in [0.25, 0.3) is 0 Å². The van der Waals surface area contributed by atoms with Gasteiger partial charge in [-0.3, -0.25) is 9.36 Å². The van der Waals surface area contributed by atoms with Gasteiger partial charge in [-0.1, -0.05) is 54.8 Å². The molecule has 1 fully saturated rings. The molecule has 0 bridgehead atoms. The molecule has 0 spiro atoms. The van der Waals surface area contributed by atoms with E-state index in [0.717, 1.165) is 48.2 Å². The van der Waals surface area contributed by atoms with Gasteiger partial charge in [-0.15, -0.1) is 10.2 Å². The fourth-order valence-corrected chi connectivity index (χ4v) is 4.65. The third-order valence-electron chi connectivity index (χ3n) is 5.42. The van der Waals surface area contributed by atoms with Crippen molar-refractivity contribution in [2.45, 2.75) is 50.7 Å². The van der Waals surface area contributed by atoms with E-state index in [1.54, 1.807) is 6.26 Å². The minimum atomic E-state index is 0.187. The number of amides is 1. The number of rotatable bonds is 6. The van der Waals surface area contributed by atoms with Gasteiger partial charge in [0.05, 0.1) is 18.6 Å². The fourth-order valence-electron chi connectivity index (χ4n) is 3.81. The van der Waals surface area contributed by atoms with Gasteiger partial charge in [0.15, 0.2) is 11.0 Å². The SMILES string of the molecule is Cc1cccc(-c2nnc(SCC(=O)N3CCCCCCC3)n2Cc2ccco2)c1. The van der Waals surface area contributed by atoms with Gasteiger partial charge in [-0.05, 0) is 38.0 Å². The molecular formula is C23H28N4O2S. The molecule has 0 unspecified atom stereocenters. The van der Waals surface area contributed by atoms with Gasteiger partial charge >= 0.3 is 0 Å². The first kappa shape index (κ1) is 20.7. The Balaban J connectivity index is 1.52. The summed E-state index contributed by atoms with van der Waals surface area (Å²) in [6, 6.07) is 12.0. The van der Waals surface area contributed by atoms with Crippen LogP contribution in [0.5, 0.6) is 0 Å². The average Bonchev–Trinajstić information content (AvgIpc) is 3.36. The largest absolute Gasteiger partial charge is 0.467 e. The highest BCUT2D eigenvalue weighted by Gasteiger charge is 2.20. The van der Waals surface area contributed by atoms with Crippen LogP contribution in [-0.4, -0.2) is 44.4 Å². The molecule has 7 heteroatoms. The predicted molar refractivity (Wildman–Crippen MR) is 118 cm³/mol. The zero-order valence-corrected chi connectivity index (χ0v) is 18.2. The predicted octanol–water partition coefficient (Wildman–Crippen LogP) is 4.78. The maximum Gasteiger partial charge on any atom is 0.233 e. The van der Waals surface area contributed by atoms with Crippen LogP contribution in [0.4, 0.5) is 0 Å². The number of likely N-dealkylation sites (tertiary alicyclic amines) is 1. The number of aromatic nitrogens is 3. The summed E-state index contributed by atoms with van der Waals surface area (Å²) < 4.78 is 7.60. The zero-order chi connectivity index (χ0) is 20.8. The molecule has 3 heterocycles. The van der Waals surface area contributed by atoms with Crippen molar-refractivity contribution in [1.82, 2.24) is 19.7 Å². The highest BCUT2D eigenvalue weighted by Crippen LogP contribution is 2.26. The zero-order valence-electron chi connectivity index (χ0n) is 17.4. The number of benzene rings is 1. The van der Waals surface area contributed by atoms with Crippen LogP contribution in [0, 0.1) is 6.92 Å². The van der Waals surface area contributed by atoms with E-state index in [4.69, 9.17) is 4.42 Å². The van der Waals surface area contributed by atoms with E-state index in [0.29, 0.717) is 12.3 Å². The summed E-state index contributed by atoms with van der Waals surface area (Å²) in [6.07, 6.45) is 7.59. The highest BCUT2D eigenvalue weighted by molar-refractivity contribution is 7.99. The number of carbonyl (C=O) groups is 1. The maximum atomic E-state index is 12.8. The molecule has 158 valence electrons. The second-order valence-electron chi connectivity index (χ2n) is 7.78. The van der Waals surface area contributed by atoms with E-state index in [1.165, 1.54) is 36.6 Å². The number of hydrogen-bond donors (Lipinski definition) is 0. The molecule has 1 saturated heterocycles. The van der Waals surface area contributed by atoms with E-state index < -0.39 is 0 Å². The van der Waals surface area contributed by atoms with Crippen molar-refractivity contribution in [3.63, 3.8) is 0 Å². The molecular weight excluding hydrogens is 396 g/mol. The molecule has 0 radical (unpaired) electrons. The first-order valence-corrected chi connectivity index (χ1v) is 11.6. The smallest absolute Gasteiger partial charge is 0.233 e. The Morgan fingerprint density at radius 2 is 1.87 bits per heavy atom. The minimum Gasteiger partial charge on any atom is -0.467 e. The first-order chi connectivity index (χ1) is 14.7. The molecule has 3 aromatic rings. The van der Waals surface area contributed by atoms with Crippen LogP contribution in [0.25, 0.3) is 11.4 Å². The lowest BCUT2D eigenvalue weighted by Gasteiger charge is -2.24. The second-order valence-corrected chi connectivity index (χ2v) is 8.72. The molecule has 30 heavy (non-hydrogen) atoms. The van der Waals surface area contributed by atoms with Gasteiger partial charge in [0, 0.05) is 18.7 Å². The van der Waals surface area contributed by atoms with Gasteiger partial charge in [-0.25, -0.2) is 0 Å². The Morgan fingerprint density at radius 1 is 1.07 bits per heavy atom. The van der Waals surface area contributed by atoms with E-state index in [-0.39, 0.29) is 5.91 Å². The molecule has 4 rings (SSSR count). The van der Waals surface area contributed by atoms with Crippen molar-refractivity contribution in [3.8, 4) is 11.4 Å². The standard InChI is InChI=1S/C23H28N4O2S/c1-18-9-7-10-19(15-18)22-24-25-23(27(22)16-20-11-8-14-29-20)30-17-21(28)26-12-5-3-2-4-6-13-26/h7-11,14-15H,2-6,12-13,16-17H2,1H3. The van der Waals surface area contributed by atoms with Crippen LogP contribution in [0.1, 0.15) is 43.4 Å². The van der Waals surface area contributed by atoms with Gasteiger partial charge in [0.1, 0.15) is 5.76 Å². The third-order valence-corrected chi connectivity index (χ3v) is 6.37. The minimum absolute atomic E-state index is 0.187. The van der Waals surface area contributed by atoms with E-state index >= 15 is 0 Å². The van der Waals surface area contributed by atoms with Crippen LogP contribution in [0.3, 0.4) is 0 Å². The van der Waals surface area contributed by atoms with Crippen molar-refractivity contribution < 1.29 is 9.21 Å². The van der Waals surface area contributed by atoms with Gasteiger partial charge in [-0.2, -0.15) is 0 Å². The summed E-state index contributed by atoms with van der Waals surface area (Å²) in [5, 5.41) is 9.61. The van der Waals surface area contributed by atoms with Crippen LogP contribution in [0.2, 0.25) is 0 Å². The molecule has 6 nitrogen and oxygen atoms in total. The Bertz CT molecular complexity index is 960. The summed E-state index contributed by atoms with van der Waals surface area (Å²) in [6.45, 7) is 4.33. The Labute approximate surface area is 181 Å². The highest BCUT2D eigenvalue weighted by atomic mass is 32.2.